The van der Waals surface area contributed by atoms with Gasteiger partial charge in [0.15, 0.2) is 11.6 Å². The summed E-state index contributed by atoms with van der Waals surface area (Å²) in [7, 11) is 0. The zero-order valence-corrected chi connectivity index (χ0v) is 14.6. The third-order valence-corrected chi connectivity index (χ3v) is 4.17. The van der Waals surface area contributed by atoms with E-state index in [-0.39, 0.29) is 36.2 Å². The van der Waals surface area contributed by atoms with Gasteiger partial charge in [-0.3, -0.25) is 9.59 Å². The first-order valence-corrected chi connectivity index (χ1v) is 8.47. The van der Waals surface area contributed by atoms with Crippen LogP contribution in [0, 0.1) is 0 Å². The van der Waals surface area contributed by atoms with Crippen molar-refractivity contribution in [3.63, 3.8) is 0 Å². The van der Waals surface area contributed by atoms with Gasteiger partial charge in [0.25, 0.3) is 0 Å². The standard InChI is InChI=1S/C22H19NO4/c24-19-10-6-16(7-11-19)21(26)14-23(18-4-2-1-3-5-18)15-22(27)17-8-12-20(25)13-9-17/h1-13,24-25H,14-15H2. The van der Waals surface area contributed by atoms with Crippen LogP contribution in [0.1, 0.15) is 20.7 Å². The van der Waals surface area contributed by atoms with Crippen molar-refractivity contribution in [1.82, 2.24) is 0 Å². The highest BCUT2D eigenvalue weighted by molar-refractivity contribution is 6.03. The number of hydrogen-bond donors (Lipinski definition) is 2. The maximum Gasteiger partial charge on any atom is 0.182 e. The molecule has 3 aromatic rings. The molecule has 0 saturated heterocycles. The summed E-state index contributed by atoms with van der Waals surface area (Å²) in [6.07, 6.45) is 0. The SMILES string of the molecule is O=C(CN(CC(=O)c1ccc(O)cc1)c1ccccc1)c1ccc(O)cc1. The van der Waals surface area contributed by atoms with E-state index in [1.54, 1.807) is 29.2 Å². The molecule has 0 aromatic heterocycles. The molecule has 0 atom stereocenters. The molecule has 0 aliphatic carbocycles. The number of benzene rings is 3. The number of phenols is 2. The number of ketones is 2. The second-order valence-corrected chi connectivity index (χ2v) is 6.13. The molecule has 0 bridgehead atoms. The molecule has 5 nitrogen and oxygen atoms in total. The Morgan fingerprint density at radius 2 is 1.04 bits per heavy atom. The van der Waals surface area contributed by atoms with E-state index in [4.69, 9.17) is 0 Å². The third kappa shape index (κ3) is 4.73. The van der Waals surface area contributed by atoms with E-state index in [1.807, 2.05) is 30.3 Å². The minimum Gasteiger partial charge on any atom is -0.508 e. The lowest BCUT2D eigenvalue weighted by atomic mass is 10.1. The van der Waals surface area contributed by atoms with Gasteiger partial charge in [-0.05, 0) is 60.7 Å². The van der Waals surface area contributed by atoms with Crippen molar-refractivity contribution in [2.24, 2.45) is 0 Å². The third-order valence-electron chi connectivity index (χ3n) is 4.17. The predicted octanol–water partition coefficient (Wildman–Crippen LogP) is 3.67. The van der Waals surface area contributed by atoms with Crippen LogP contribution in [0.4, 0.5) is 5.69 Å². The average Bonchev–Trinajstić information content (AvgIpc) is 2.69. The molecule has 0 saturated carbocycles. The van der Waals surface area contributed by atoms with Crippen molar-refractivity contribution < 1.29 is 19.8 Å². The molecule has 2 N–H and O–H groups in total. The second-order valence-electron chi connectivity index (χ2n) is 6.13. The number of Topliss-reactive ketones (excluding diaryl/α,β-unsaturated/α-hetero) is 2. The highest BCUT2D eigenvalue weighted by Gasteiger charge is 2.17. The van der Waals surface area contributed by atoms with E-state index < -0.39 is 0 Å². The van der Waals surface area contributed by atoms with E-state index >= 15 is 0 Å². The Morgan fingerprint density at radius 3 is 1.44 bits per heavy atom. The summed E-state index contributed by atoms with van der Waals surface area (Å²) in [6.45, 7) is 0.0528. The Kier molecular flexibility index (Phi) is 5.52. The summed E-state index contributed by atoms with van der Waals surface area (Å²) < 4.78 is 0. The first-order valence-electron chi connectivity index (χ1n) is 8.47. The molecule has 0 fully saturated rings. The van der Waals surface area contributed by atoms with Crippen LogP contribution in [0.25, 0.3) is 0 Å². The number of anilines is 1. The van der Waals surface area contributed by atoms with Crippen molar-refractivity contribution in [3.05, 3.63) is 90.0 Å². The van der Waals surface area contributed by atoms with E-state index in [0.29, 0.717) is 11.1 Å². The molecule has 5 heteroatoms. The fourth-order valence-electron chi connectivity index (χ4n) is 2.70. The Balaban J connectivity index is 1.81. The normalized spacial score (nSPS) is 10.4. The molecule has 0 aliphatic rings. The first-order chi connectivity index (χ1) is 13.0. The number of para-hydroxylation sites is 1. The highest BCUT2D eigenvalue weighted by atomic mass is 16.3. The van der Waals surface area contributed by atoms with Crippen molar-refractivity contribution in [3.8, 4) is 11.5 Å². The predicted molar refractivity (Wildman–Crippen MR) is 104 cm³/mol. The monoisotopic (exact) mass is 361 g/mol. The highest BCUT2D eigenvalue weighted by Crippen LogP contribution is 2.17. The smallest absolute Gasteiger partial charge is 0.182 e. The lowest BCUT2D eigenvalue weighted by molar-refractivity contribution is 0.0984. The Bertz CT molecular complexity index is 859. The number of rotatable bonds is 7. The largest absolute Gasteiger partial charge is 0.508 e. The molecule has 27 heavy (non-hydrogen) atoms. The van der Waals surface area contributed by atoms with Crippen molar-refractivity contribution >= 4 is 17.3 Å². The Hall–Kier alpha value is -3.60. The van der Waals surface area contributed by atoms with Gasteiger partial charge in [0.1, 0.15) is 11.5 Å². The van der Waals surface area contributed by atoms with E-state index in [1.165, 1.54) is 24.3 Å². The number of nitrogens with zero attached hydrogens (tertiary/aromatic N) is 1. The number of aromatic hydroxyl groups is 2. The van der Waals surface area contributed by atoms with Gasteiger partial charge >= 0.3 is 0 Å². The minimum atomic E-state index is -0.155. The molecule has 3 rings (SSSR count). The molecule has 0 radical (unpaired) electrons. The Labute approximate surface area is 157 Å². The van der Waals surface area contributed by atoms with Crippen LogP contribution in [-0.4, -0.2) is 34.9 Å². The second kappa shape index (κ2) is 8.19. The van der Waals surface area contributed by atoms with Crippen LogP contribution in [0.3, 0.4) is 0 Å². The van der Waals surface area contributed by atoms with E-state index in [0.717, 1.165) is 5.69 Å². The first kappa shape index (κ1) is 18.2. The molecule has 136 valence electrons. The lowest BCUT2D eigenvalue weighted by Gasteiger charge is -2.23. The number of carbonyl (C=O) groups is 2. The summed E-state index contributed by atoms with van der Waals surface area (Å²) in [5.41, 5.74) is 1.69. The fraction of sp³-hybridized carbons (Fsp3) is 0.0909. The van der Waals surface area contributed by atoms with E-state index in [2.05, 4.69) is 0 Å². The van der Waals surface area contributed by atoms with Gasteiger partial charge in [-0.1, -0.05) is 18.2 Å². The van der Waals surface area contributed by atoms with Crippen LogP contribution in [0.15, 0.2) is 78.9 Å². The van der Waals surface area contributed by atoms with Crippen LogP contribution < -0.4 is 4.90 Å². The molecule has 0 spiro atoms. The quantitative estimate of drug-likeness (QED) is 0.628. The minimum absolute atomic E-state index is 0.0264. The summed E-state index contributed by atoms with van der Waals surface area (Å²) in [5, 5.41) is 18.8. The average molecular weight is 361 g/mol. The van der Waals surface area contributed by atoms with Crippen LogP contribution in [0.5, 0.6) is 11.5 Å². The van der Waals surface area contributed by atoms with Crippen molar-refractivity contribution in [2.75, 3.05) is 18.0 Å². The van der Waals surface area contributed by atoms with Crippen LogP contribution >= 0.6 is 0 Å². The van der Waals surface area contributed by atoms with Gasteiger partial charge in [-0.25, -0.2) is 0 Å². The zero-order valence-electron chi connectivity index (χ0n) is 14.6. The van der Waals surface area contributed by atoms with E-state index in [9.17, 15) is 19.8 Å². The van der Waals surface area contributed by atoms with Gasteiger partial charge in [-0.15, -0.1) is 0 Å². The van der Waals surface area contributed by atoms with Crippen molar-refractivity contribution in [1.29, 1.82) is 0 Å². The van der Waals surface area contributed by atoms with Gasteiger partial charge in [0.2, 0.25) is 0 Å². The topological polar surface area (TPSA) is 77.8 Å². The zero-order chi connectivity index (χ0) is 19.2. The van der Waals surface area contributed by atoms with Gasteiger partial charge in [0, 0.05) is 16.8 Å². The summed E-state index contributed by atoms with van der Waals surface area (Å²) in [6, 6.07) is 21.3. The molecule has 0 amide bonds. The fourth-order valence-corrected chi connectivity index (χ4v) is 2.70. The molecule has 3 aromatic carbocycles. The molecular weight excluding hydrogens is 342 g/mol. The summed E-state index contributed by atoms with van der Waals surface area (Å²) in [4.78, 5) is 27.0. The summed E-state index contributed by atoms with van der Waals surface area (Å²) >= 11 is 0. The molecular formula is C22H19NO4. The maximum absolute atomic E-state index is 12.6. The number of carbonyl (C=O) groups excluding carboxylic acids is 2. The lowest BCUT2D eigenvalue weighted by Crippen LogP contribution is -2.34. The van der Waals surface area contributed by atoms with Crippen molar-refractivity contribution in [2.45, 2.75) is 0 Å². The molecule has 0 unspecified atom stereocenters. The van der Waals surface area contributed by atoms with Gasteiger partial charge in [-0.2, -0.15) is 0 Å². The van der Waals surface area contributed by atoms with Crippen LogP contribution in [-0.2, 0) is 0 Å². The Morgan fingerprint density at radius 1 is 0.630 bits per heavy atom. The van der Waals surface area contributed by atoms with Gasteiger partial charge < -0.3 is 15.1 Å². The van der Waals surface area contributed by atoms with Gasteiger partial charge in [0.05, 0.1) is 13.1 Å². The summed E-state index contributed by atoms with van der Waals surface area (Å²) in [5.74, 6) is -0.127. The maximum atomic E-state index is 12.6. The number of phenolic OH excluding ortho intramolecular Hbond substituents is 2. The molecule has 0 heterocycles. The number of hydrogen-bond acceptors (Lipinski definition) is 5. The van der Waals surface area contributed by atoms with Crippen LogP contribution in [0.2, 0.25) is 0 Å². The molecule has 0 aliphatic heterocycles.